The second kappa shape index (κ2) is 5.18. The summed E-state index contributed by atoms with van der Waals surface area (Å²) in [5, 5.41) is 9.25. The second-order valence-corrected chi connectivity index (χ2v) is 4.98. The van der Waals surface area contributed by atoms with Crippen molar-refractivity contribution in [2.45, 2.75) is 6.92 Å². The largest absolute Gasteiger partial charge is 0.384 e. The third-order valence-corrected chi connectivity index (χ3v) is 3.52. The number of hydrogen-bond acceptors (Lipinski definition) is 2. The van der Waals surface area contributed by atoms with Crippen LogP contribution in [0.3, 0.4) is 0 Å². The first-order valence-corrected chi connectivity index (χ1v) is 6.74. The molecule has 102 valence electrons. The Labute approximate surface area is 123 Å². The summed E-state index contributed by atoms with van der Waals surface area (Å²) in [5.41, 5.74) is 10.8. The number of aryl methyl sites for hydroxylation is 1. The predicted molar refractivity (Wildman–Crippen MR) is 85.1 cm³/mol. The van der Waals surface area contributed by atoms with Crippen molar-refractivity contribution in [3.05, 3.63) is 71.8 Å². The Morgan fingerprint density at radius 1 is 1.00 bits per heavy atom. The first kappa shape index (κ1) is 13.0. The number of aromatic nitrogens is 1. The highest BCUT2D eigenvalue weighted by Crippen LogP contribution is 2.31. The van der Waals surface area contributed by atoms with Crippen LogP contribution in [0.5, 0.6) is 0 Å². The van der Waals surface area contributed by atoms with Crippen molar-refractivity contribution in [1.29, 1.82) is 5.26 Å². The Morgan fingerprint density at radius 2 is 1.67 bits per heavy atom. The van der Waals surface area contributed by atoms with E-state index in [9.17, 15) is 5.26 Å². The monoisotopic (exact) mass is 273 g/mol. The Balaban J connectivity index is 2.26. The maximum atomic E-state index is 9.25. The third-order valence-electron chi connectivity index (χ3n) is 3.52. The van der Waals surface area contributed by atoms with Crippen LogP contribution in [0, 0.1) is 18.3 Å². The molecule has 0 spiro atoms. The maximum absolute atomic E-state index is 9.25. The topological polar surface area (TPSA) is 54.7 Å². The molecule has 21 heavy (non-hydrogen) atoms. The molecule has 0 saturated heterocycles. The van der Waals surface area contributed by atoms with Crippen LogP contribution in [0.15, 0.2) is 60.7 Å². The lowest BCUT2D eigenvalue weighted by Crippen LogP contribution is -2.02. The van der Waals surface area contributed by atoms with Gasteiger partial charge in [0.2, 0.25) is 0 Å². The molecule has 0 radical (unpaired) electrons. The van der Waals surface area contributed by atoms with Gasteiger partial charge in [-0.25, -0.2) is 0 Å². The van der Waals surface area contributed by atoms with Gasteiger partial charge < -0.3 is 5.73 Å². The first-order valence-electron chi connectivity index (χ1n) is 6.74. The molecule has 1 aromatic heterocycles. The molecule has 0 saturated carbocycles. The van der Waals surface area contributed by atoms with Gasteiger partial charge >= 0.3 is 0 Å². The van der Waals surface area contributed by atoms with Gasteiger partial charge in [-0.15, -0.1) is 0 Å². The van der Waals surface area contributed by atoms with E-state index in [1.165, 1.54) is 5.56 Å². The molecular formula is C18H15N3. The zero-order valence-electron chi connectivity index (χ0n) is 11.7. The number of benzene rings is 2. The van der Waals surface area contributed by atoms with Crippen LogP contribution in [0.4, 0.5) is 5.82 Å². The number of anilines is 1. The van der Waals surface area contributed by atoms with Crippen molar-refractivity contribution in [1.82, 2.24) is 4.57 Å². The second-order valence-electron chi connectivity index (χ2n) is 4.98. The standard InChI is InChI=1S/C18H15N3/c1-13-7-9-14(10-8-13)17-11-15(12-19)18(20)21(17)16-5-3-2-4-6-16/h2-11H,20H2,1H3. The third kappa shape index (κ3) is 2.28. The highest BCUT2D eigenvalue weighted by molar-refractivity contribution is 5.72. The summed E-state index contributed by atoms with van der Waals surface area (Å²) < 4.78 is 1.92. The molecule has 0 unspecified atom stereocenters. The molecule has 0 aliphatic carbocycles. The van der Waals surface area contributed by atoms with E-state index in [0.29, 0.717) is 11.4 Å². The predicted octanol–water partition coefficient (Wildman–Crippen LogP) is 3.91. The first-order chi connectivity index (χ1) is 10.2. The summed E-state index contributed by atoms with van der Waals surface area (Å²) in [7, 11) is 0. The van der Waals surface area contributed by atoms with Gasteiger partial charge in [0.15, 0.2) is 0 Å². The van der Waals surface area contributed by atoms with E-state index in [2.05, 4.69) is 25.1 Å². The number of nitrogen functional groups attached to an aromatic ring is 1. The molecule has 3 rings (SSSR count). The molecule has 2 aromatic carbocycles. The van der Waals surface area contributed by atoms with Crippen LogP contribution in [0.2, 0.25) is 0 Å². The number of hydrogen-bond donors (Lipinski definition) is 1. The van der Waals surface area contributed by atoms with E-state index < -0.39 is 0 Å². The minimum atomic E-state index is 0.472. The Kier molecular flexibility index (Phi) is 3.21. The zero-order valence-corrected chi connectivity index (χ0v) is 11.7. The lowest BCUT2D eigenvalue weighted by atomic mass is 10.1. The van der Waals surface area contributed by atoms with Gasteiger partial charge in [0.05, 0.1) is 11.3 Å². The average Bonchev–Trinajstić information content (AvgIpc) is 2.85. The zero-order chi connectivity index (χ0) is 14.8. The smallest absolute Gasteiger partial charge is 0.126 e. The number of rotatable bonds is 2. The molecule has 0 atom stereocenters. The summed E-state index contributed by atoms with van der Waals surface area (Å²) >= 11 is 0. The summed E-state index contributed by atoms with van der Waals surface area (Å²) in [6, 6.07) is 22.0. The maximum Gasteiger partial charge on any atom is 0.126 e. The van der Waals surface area contributed by atoms with Gasteiger partial charge in [0, 0.05) is 5.69 Å². The number of para-hydroxylation sites is 1. The number of nitrogens with zero attached hydrogens (tertiary/aromatic N) is 2. The van der Waals surface area contributed by atoms with Gasteiger partial charge in [-0.2, -0.15) is 5.26 Å². The molecule has 3 heteroatoms. The summed E-state index contributed by atoms with van der Waals surface area (Å²) in [6.45, 7) is 2.05. The normalized spacial score (nSPS) is 10.3. The van der Waals surface area contributed by atoms with Gasteiger partial charge in [-0.3, -0.25) is 4.57 Å². The van der Waals surface area contributed by atoms with Gasteiger partial charge in [-0.05, 0) is 30.7 Å². The highest BCUT2D eigenvalue weighted by atomic mass is 15.1. The molecule has 0 bridgehead atoms. The fourth-order valence-corrected chi connectivity index (χ4v) is 2.41. The van der Waals surface area contributed by atoms with Gasteiger partial charge in [-0.1, -0.05) is 48.0 Å². The number of nitrogens with two attached hydrogens (primary N) is 1. The van der Waals surface area contributed by atoms with Crippen molar-refractivity contribution >= 4 is 5.82 Å². The van der Waals surface area contributed by atoms with E-state index in [4.69, 9.17) is 5.73 Å². The minimum absolute atomic E-state index is 0.472. The number of nitriles is 1. The Morgan fingerprint density at radius 3 is 2.29 bits per heavy atom. The van der Waals surface area contributed by atoms with Crippen molar-refractivity contribution in [2.75, 3.05) is 5.73 Å². The van der Waals surface area contributed by atoms with Gasteiger partial charge in [0.25, 0.3) is 0 Å². The van der Waals surface area contributed by atoms with Crippen LogP contribution in [0.25, 0.3) is 16.9 Å². The van der Waals surface area contributed by atoms with Crippen LogP contribution >= 0.6 is 0 Å². The SMILES string of the molecule is Cc1ccc(-c2cc(C#N)c(N)n2-c2ccccc2)cc1. The molecule has 0 aliphatic rings. The molecule has 3 nitrogen and oxygen atoms in total. The van der Waals surface area contributed by atoms with Crippen molar-refractivity contribution < 1.29 is 0 Å². The Hall–Kier alpha value is -2.99. The Bertz CT molecular complexity index is 806. The lowest BCUT2D eigenvalue weighted by Gasteiger charge is -2.11. The fourth-order valence-electron chi connectivity index (χ4n) is 2.41. The minimum Gasteiger partial charge on any atom is -0.384 e. The quantitative estimate of drug-likeness (QED) is 0.769. The van der Waals surface area contributed by atoms with Crippen molar-refractivity contribution in [2.24, 2.45) is 0 Å². The molecule has 1 heterocycles. The molecule has 0 fully saturated rings. The molecule has 2 N–H and O–H groups in total. The molecule has 0 amide bonds. The van der Waals surface area contributed by atoms with Crippen molar-refractivity contribution in [3.8, 4) is 23.0 Å². The molecular weight excluding hydrogens is 258 g/mol. The summed E-state index contributed by atoms with van der Waals surface area (Å²) in [4.78, 5) is 0. The van der Waals surface area contributed by atoms with E-state index in [-0.39, 0.29) is 0 Å². The lowest BCUT2D eigenvalue weighted by molar-refractivity contribution is 1.10. The summed E-state index contributed by atoms with van der Waals surface area (Å²) in [6.07, 6.45) is 0. The van der Waals surface area contributed by atoms with Crippen molar-refractivity contribution in [3.63, 3.8) is 0 Å². The van der Waals surface area contributed by atoms with Crippen LogP contribution in [0.1, 0.15) is 11.1 Å². The van der Waals surface area contributed by atoms with E-state index in [0.717, 1.165) is 16.9 Å². The van der Waals surface area contributed by atoms with Crippen LogP contribution in [-0.2, 0) is 0 Å². The average molecular weight is 273 g/mol. The molecule has 0 aliphatic heterocycles. The van der Waals surface area contributed by atoms with Crippen LogP contribution in [-0.4, -0.2) is 4.57 Å². The van der Waals surface area contributed by atoms with E-state index >= 15 is 0 Å². The van der Waals surface area contributed by atoms with E-state index in [1.54, 1.807) is 0 Å². The molecule has 3 aromatic rings. The van der Waals surface area contributed by atoms with Crippen LogP contribution < -0.4 is 5.73 Å². The summed E-state index contributed by atoms with van der Waals surface area (Å²) in [5.74, 6) is 0.472. The van der Waals surface area contributed by atoms with Gasteiger partial charge in [0.1, 0.15) is 11.9 Å². The van der Waals surface area contributed by atoms with E-state index in [1.807, 2.05) is 53.1 Å². The highest BCUT2D eigenvalue weighted by Gasteiger charge is 2.15. The fraction of sp³-hybridized carbons (Fsp3) is 0.0556.